The molecule has 0 atom stereocenters. The summed E-state index contributed by atoms with van der Waals surface area (Å²) in [6.45, 7) is 8.38. The monoisotopic (exact) mass is 263 g/mol. The highest BCUT2D eigenvalue weighted by molar-refractivity contribution is 5.94. The molecule has 0 unspecified atom stereocenters. The summed E-state index contributed by atoms with van der Waals surface area (Å²) >= 11 is 0. The van der Waals surface area contributed by atoms with E-state index < -0.39 is 0 Å². The lowest BCUT2D eigenvalue weighted by atomic mass is 10.1. The summed E-state index contributed by atoms with van der Waals surface area (Å²) in [6, 6.07) is 7.34. The molecule has 0 radical (unpaired) electrons. The first kappa shape index (κ1) is 13.9. The minimum Gasteiger partial charge on any atom is -0.494 e. The van der Waals surface area contributed by atoms with Crippen LogP contribution in [0.15, 0.2) is 24.3 Å². The minimum atomic E-state index is -0.272. The first-order chi connectivity index (χ1) is 9.02. The molecule has 1 aliphatic rings. The molecular weight excluding hydrogens is 242 g/mol. The molecule has 1 amide bonds. The highest BCUT2D eigenvalue weighted by Crippen LogP contribution is 2.20. The van der Waals surface area contributed by atoms with Gasteiger partial charge in [-0.1, -0.05) is 6.07 Å². The van der Waals surface area contributed by atoms with Crippen LogP contribution in [0.3, 0.4) is 0 Å². The maximum Gasteiger partial charge on any atom is 0.254 e. The fourth-order valence-corrected chi connectivity index (χ4v) is 2.26. The average Bonchev–Trinajstić information content (AvgIpc) is 2.37. The number of amides is 1. The number of hydrogen-bond acceptors (Lipinski definition) is 3. The zero-order chi connectivity index (χ0) is 13.9. The number of ether oxygens (including phenoxy) is 2. The zero-order valence-electron chi connectivity index (χ0n) is 11.8. The van der Waals surface area contributed by atoms with E-state index in [1.807, 2.05) is 43.9 Å². The van der Waals surface area contributed by atoms with Crippen molar-refractivity contribution < 1.29 is 14.3 Å². The number of hydrogen-bond donors (Lipinski definition) is 0. The van der Waals surface area contributed by atoms with Gasteiger partial charge in [0.05, 0.1) is 18.8 Å². The van der Waals surface area contributed by atoms with E-state index in [1.165, 1.54) is 0 Å². The van der Waals surface area contributed by atoms with Crippen molar-refractivity contribution in [2.45, 2.75) is 26.4 Å². The summed E-state index contributed by atoms with van der Waals surface area (Å²) in [4.78, 5) is 14.3. The SMILES string of the molecule is CCOc1cccc(C(=O)N2CCOC(C)(C)C2)c1. The van der Waals surface area contributed by atoms with E-state index in [0.29, 0.717) is 31.9 Å². The Bertz CT molecular complexity index is 456. The van der Waals surface area contributed by atoms with Gasteiger partial charge >= 0.3 is 0 Å². The molecule has 2 rings (SSSR count). The number of nitrogens with zero attached hydrogens (tertiary/aromatic N) is 1. The van der Waals surface area contributed by atoms with Gasteiger partial charge in [-0.15, -0.1) is 0 Å². The lowest BCUT2D eigenvalue weighted by molar-refractivity contribution is -0.0764. The first-order valence-electron chi connectivity index (χ1n) is 6.68. The van der Waals surface area contributed by atoms with E-state index in [0.717, 1.165) is 5.75 Å². The molecule has 1 fully saturated rings. The molecule has 1 aromatic rings. The van der Waals surface area contributed by atoms with Gasteiger partial charge < -0.3 is 14.4 Å². The van der Waals surface area contributed by atoms with Gasteiger partial charge in [0.1, 0.15) is 5.75 Å². The van der Waals surface area contributed by atoms with Crippen molar-refractivity contribution >= 4 is 5.91 Å². The molecule has 4 heteroatoms. The van der Waals surface area contributed by atoms with Gasteiger partial charge in [-0.2, -0.15) is 0 Å². The third-order valence-electron chi connectivity index (χ3n) is 3.10. The summed E-state index contributed by atoms with van der Waals surface area (Å²) in [5.74, 6) is 0.777. The van der Waals surface area contributed by atoms with Gasteiger partial charge in [0.2, 0.25) is 0 Å². The van der Waals surface area contributed by atoms with Crippen LogP contribution in [0.4, 0.5) is 0 Å². The van der Waals surface area contributed by atoms with Crippen molar-refractivity contribution in [2.75, 3.05) is 26.3 Å². The zero-order valence-corrected chi connectivity index (χ0v) is 11.8. The third kappa shape index (κ3) is 3.47. The lowest BCUT2D eigenvalue weighted by Crippen LogP contribution is -2.50. The maximum absolute atomic E-state index is 12.5. The molecule has 0 bridgehead atoms. The molecule has 19 heavy (non-hydrogen) atoms. The lowest BCUT2D eigenvalue weighted by Gasteiger charge is -2.38. The van der Waals surface area contributed by atoms with E-state index in [1.54, 1.807) is 6.07 Å². The molecule has 1 aromatic carbocycles. The van der Waals surface area contributed by atoms with Crippen LogP contribution in [0.5, 0.6) is 5.75 Å². The molecule has 0 spiro atoms. The topological polar surface area (TPSA) is 38.8 Å². The van der Waals surface area contributed by atoms with Crippen LogP contribution in [0.25, 0.3) is 0 Å². The van der Waals surface area contributed by atoms with Gasteiger partial charge in [-0.3, -0.25) is 4.79 Å². The molecular formula is C15H21NO3. The fourth-order valence-electron chi connectivity index (χ4n) is 2.26. The van der Waals surface area contributed by atoms with Crippen molar-refractivity contribution in [1.82, 2.24) is 4.90 Å². The first-order valence-corrected chi connectivity index (χ1v) is 6.68. The predicted molar refractivity (Wildman–Crippen MR) is 73.5 cm³/mol. The molecule has 0 aliphatic carbocycles. The summed E-state index contributed by atoms with van der Waals surface area (Å²) in [5, 5.41) is 0. The van der Waals surface area contributed by atoms with Crippen LogP contribution in [0, 0.1) is 0 Å². The maximum atomic E-state index is 12.5. The second-order valence-electron chi connectivity index (χ2n) is 5.30. The Hall–Kier alpha value is -1.55. The van der Waals surface area contributed by atoms with Crippen LogP contribution in [0.1, 0.15) is 31.1 Å². The second-order valence-corrected chi connectivity index (χ2v) is 5.30. The number of carbonyl (C=O) groups excluding carboxylic acids is 1. The fraction of sp³-hybridized carbons (Fsp3) is 0.533. The largest absolute Gasteiger partial charge is 0.494 e. The van der Waals surface area contributed by atoms with Gasteiger partial charge in [-0.25, -0.2) is 0 Å². The minimum absolute atomic E-state index is 0.0397. The second kappa shape index (κ2) is 5.61. The molecule has 1 heterocycles. The quantitative estimate of drug-likeness (QED) is 0.840. The van der Waals surface area contributed by atoms with Gasteiger partial charge in [-0.05, 0) is 39.0 Å². The van der Waals surface area contributed by atoms with Gasteiger partial charge in [0.15, 0.2) is 0 Å². The number of morpholine rings is 1. The van der Waals surface area contributed by atoms with E-state index in [-0.39, 0.29) is 11.5 Å². The molecule has 1 aliphatic heterocycles. The Morgan fingerprint density at radius 3 is 2.95 bits per heavy atom. The van der Waals surface area contributed by atoms with E-state index in [4.69, 9.17) is 9.47 Å². The third-order valence-corrected chi connectivity index (χ3v) is 3.10. The molecule has 1 saturated heterocycles. The summed E-state index contributed by atoms with van der Waals surface area (Å²) in [5.41, 5.74) is 0.398. The molecule has 104 valence electrons. The Labute approximate surface area is 114 Å². The van der Waals surface area contributed by atoms with Gasteiger partial charge in [0.25, 0.3) is 5.91 Å². The summed E-state index contributed by atoms with van der Waals surface area (Å²) in [7, 11) is 0. The number of rotatable bonds is 3. The van der Waals surface area contributed by atoms with Crippen molar-refractivity contribution in [3.05, 3.63) is 29.8 Å². The molecule has 0 N–H and O–H groups in total. The summed E-state index contributed by atoms with van der Waals surface area (Å²) < 4.78 is 11.1. The average molecular weight is 263 g/mol. The van der Waals surface area contributed by atoms with Crippen LogP contribution >= 0.6 is 0 Å². The Morgan fingerprint density at radius 2 is 2.26 bits per heavy atom. The predicted octanol–water partition coefficient (Wildman–Crippen LogP) is 2.34. The van der Waals surface area contributed by atoms with E-state index >= 15 is 0 Å². The molecule has 4 nitrogen and oxygen atoms in total. The van der Waals surface area contributed by atoms with Gasteiger partial charge in [0, 0.05) is 18.7 Å². The van der Waals surface area contributed by atoms with E-state index in [9.17, 15) is 4.79 Å². The molecule has 0 aromatic heterocycles. The normalized spacial score (nSPS) is 18.2. The van der Waals surface area contributed by atoms with Crippen LogP contribution < -0.4 is 4.74 Å². The van der Waals surface area contributed by atoms with Crippen molar-refractivity contribution in [3.8, 4) is 5.75 Å². The van der Waals surface area contributed by atoms with Crippen molar-refractivity contribution in [2.24, 2.45) is 0 Å². The van der Waals surface area contributed by atoms with Crippen molar-refractivity contribution in [3.63, 3.8) is 0 Å². The smallest absolute Gasteiger partial charge is 0.254 e. The van der Waals surface area contributed by atoms with Crippen LogP contribution in [-0.4, -0.2) is 42.7 Å². The number of carbonyl (C=O) groups is 1. The molecule has 0 saturated carbocycles. The standard InChI is InChI=1S/C15H21NO3/c1-4-18-13-7-5-6-12(10-13)14(17)16-8-9-19-15(2,3)11-16/h5-7,10H,4,8-9,11H2,1-3H3. The summed E-state index contributed by atoms with van der Waals surface area (Å²) in [6.07, 6.45) is 0. The Morgan fingerprint density at radius 1 is 1.47 bits per heavy atom. The Balaban J connectivity index is 2.12. The van der Waals surface area contributed by atoms with Crippen LogP contribution in [-0.2, 0) is 4.74 Å². The van der Waals surface area contributed by atoms with Crippen molar-refractivity contribution in [1.29, 1.82) is 0 Å². The highest BCUT2D eigenvalue weighted by Gasteiger charge is 2.30. The highest BCUT2D eigenvalue weighted by atomic mass is 16.5. The Kier molecular flexibility index (Phi) is 4.10. The van der Waals surface area contributed by atoms with E-state index in [2.05, 4.69) is 0 Å². The van der Waals surface area contributed by atoms with Crippen LogP contribution in [0.2, 0.25) is 0 Å². The number of benzene rings is 1.